The van der Waals surface area contributed by atoms with E-state index in [-0.39, 0.29) is 0 Å². The van der Waals surface area contributed by atoms with Crippen LogP contribution in [0, 0.1) is 13.8 Å². The van der Waals surface area contributed by atoms with E-state index < -0.39 is 11.8 Å². The Morgan fingerprint density at radius 2 is 1.43 bits per heavy atom. The molecule has 0 fully saturated rings. The second-order valence-electron chi connectivity index (χ2n) is 4.65. The van der Waals surface area contributed by atoms with Crippen molar-refractivity contribution in [2.24, 2.45) is 0 Å². The van der Waals surface area contributed by atoms with Crippen molar-refractivity contribution in [3.63, 3.8) is 0 Å². The highest BCUT2D eigenvalue weighted by Crippen LogP contribution is 2.22. The molecular weight excluding hydrogens is 332 g/mol. The first-order valence-corrected chi connectivity index (χ1v) is 7.21. The average molecular weight is 347 g/mol. The molecule has 0 aromatic heterocycles. The molecule has 21 heavy (non-hydrogen) atoms. The van der Waals surface area contributed by atoms with Crippen LogP contribution in [0.4, 0.5) is 11.4 Å². The fourth-order valence-corrected chi connectivity index (χ4v) is 2.31. The molecule has 108 valence electrons. The smallest absolute Gasteiger partial charge is 0.314 e. The molecule has 2 amide bonds. The van der Waals surface area contributed by atoms with Gasteiger partial charge in [0.15, 0.2) is 0 Å². The Hall–Kier alpha value is -2.14. The summed E-state index contributed by atoms with van der Waals surface area (Å²) in [4.78, 5) is 23.9. The molecule has 2 aromatic carbocycles. The quantitative estimate of drug-likeness (QED) is 0.815. The third-order valence-corrected chi connectivity index (χ3v) is 3.74. The van der Waals surface area contributed by atoms with E-state index in [0.717, 1.165) is 15.6 Å². The number of amides is 2. The van der Waals surface area contributed by atoms with Crippen LogP contribution in [0.3, 0.4) is 0 Å². The predicted molar refractivity (Wildman–Crippen MR) is 87.3 cm³/mol. The minimum Gasteiger partial charge on any atom is -0.317 e. The molecule has 2 aromatic rings. The summed E-state index contributed by atoms with van der Waals surface area (Å²) in [5.74, 6) is -1.40. The van der Waals surface area contributed by atoms with Gasteiger partial charge in [0, 0.05) is 10.2 Å². The molecule has 0 aliphatic rings. The molecule has 2 rings (SSSR count). The third kappa shape index (κ3) is 3.70. The van der Waals surface area contributed by atoms with Crippen LogP contribution in [-0.2, 0) is 9.59 Å². The minimum atomic E-state index is -0.704. The van der Waals surface area contributed by atoms with Crippen molar-refractivity contribution in [3.05, 3.63) is 58.1 Å². The predicted octanol–water partition coefficient (Wildman–Crippen LogP) is 3.64. The Balaban J connectivity index is 2.10. The second kappa shape index (κ2) is 6.54. The fourth-order valence-electron chi connectivity index (χ4n) is 1.92. The zero-order valence-electron chi connectivity index (χ0n) is 11.7. The van der Waals surface area contributed by atoms with E-state index in [1.54, 1.807) is 18.2 Å². The molecule has 0 unspecified atom stereocenters. The Labute approximate surface area is 131 Å². The average Bonchev–Trinajstić information content (AvgIpc) is 2.45. The summed E-state index contributed by atoms with van der Waals surface area (Å²) in [7, 11) is 0. The molecule has 5 heteroatoms. The number of nitrogens with one attached hydrogen (secondary N) is 2. The van der Waals surface area contributed by atoms with Gasteiger partial charge in [-0.3, -0.25) is 9.59 Å². The summed E-state index contributed by atoms with van der Waals surface area (Å²) in [5, 5.41) is 5.22. The standard InChI is InChI=1S/C16H15BrN2O2/c1-10-6-5-7-11(2)14(10)19-16(21)15(20)18-13-9-4-3-8-12(13)17/h3-9H,1-2H3,(H,18,20)(H,19,21). The minimum absolute atomic E-state index is 0.555. The maximum Gasteiger partial charge on any atom is 0.314 e. The molecule has 4 nitrogen and oxygen atoms in total. The highest BCUT2D eigenvalue weighted by molar-refractivity contribution is 9.10. The molecule has 2 N–H and O–H groups in total. The summed E-state index contributed by atoms with van der Waals surface area (Å²) < 4.78 is 0.721. The lowest BCUT2D eigenvalue weighted by atomic mass is 10.1. The van der Waals surface area contributed by atoms with Gasteiger partial charge in [-0.2, -0.15) is 0 Å². The lowest BCUT2D eigenvalue weighted by Crippen LogP contribution is -2.29. The first-order chi connectivity index (χ1) is 9.99. The molecule has 0 aliphatic carbocycles. The van der Waals surface area contributed by atoms with Crippen molar-refractivity contribution in [2.75, 3.05) is 10.6 Å². The van der Waals surface area contributed by atoms with E-state index in [1.165, 1.54) is 0 Å². The van der Waals surface area contributed by atoms with E-state index in [1.807, 2.05) is 38.1 Å². The van der Waals surface area contributed by atoms with Crippen LogP contribution < -0.4 is 10.6 Å². The first kappa shape index (κ1) is 15.3. The van der Waals surface area contributed by atoms with E-state index in [0.29, 0.717) is 11.4 Å². The van der Waals surface area contributed by atoms with Crippen LogP contribution in [0.2, 0.25) is 0 Å². The molecule has 0 bridgehead atoms. The van der Waals surface area contributed by atoms with Gasteiger partial charge in [0.2, 0.25) is 0 Å². The summed E-state index contributed by atoms with van der Waals surface area (Å²) in [6.07, 6.45) is 0. The fraction of sp³-hybridized carbons (Fsp3) is 0.125. The first-order valence-electron chi connectivity index (χ1n) is 6.42. The maximum absolute atomic E-state index is 12.0. The van der Waals surface area contributed by atoms with Gasteiger partial charge in [0.05, 0.1) is 5.69 Å². The van der Waals surface area contributed by atoms with Gasteiger partial charge in [-0.15, -0.1) is 0 Å². The molecule has 0 atom stereocenters. The molecule has 0 saturated carbocycles. The topological polar surface area (TPSA) is 58.2 Å². The van der Waals surface area contributed by atoms with Crippen LogP contribution in [0.15, 0.2) is 46.9 Å². The summed E-state index contributed by atoms with van der Waals surface area (Å²) in [6, 6.07) is 12.8. The van der Waals surface area contributed by atoms with Crippen LogP contribution in [0.25, 0.3) is 0 Å². The van der Waals surface area contributed by atoms with Crippen molar-refractivity contribution in [1.82, 2.24) is 0 Å². The number of hydrogen-bond acceptors (Lipinski definition) is 2. The SMILES string of the molecule is Cc1cccc(C)c1NC(=O)C(=O)Nc1ccccc1Br. The van der Waals surface area contributed by atoms with Gasteiger partial charge >= 0.3 is 11.8 Å². The number of rotatable bonds is 2. The molecule has 0 heterocycles. The maximum atomic E-state index is 12.0. The molecular formula is C16H15BrN2O2. The van der Waals surface area contributed by atoms with Crippen molar-refractivity contribution in [2.45, 2.75) is 13.8 Å². The lowest BCUT2D eigenvalue weighted by Gasteiger charge is -2.11. The third-order valence-electron chi connectivity index (χ3n) is 3.05. The number of aryl methyl sites for hydroxylation is 2. The lowest BCUT2D eigenvalue weighted by molar-refractivity contribution is -0.133. The number of benzene rings is 2. The van der Waals surface area contributed by atoms with Gasteiger partial charge in [0.1, 0.15) is 0 Å². The van der Waals surface area contributed by atoms with Crippen LogP contribution >= 0.6 is 15.9 Å². The summed E-state index contributed by atoms with van der Waals surface area (Å²) in [5.41, 5.74) is 3.05. The number of hydrogen-bond donors (Lipinski definition) is 2. The highest BCUT2D eigenvalue weighted by Gasteiger charge is 2.16. The number of carbonyl (C=O) groups excluding carboxylic acids is 2. The van der Waals surface area contributed by atoms with Gasteiger partial charge in [0.25, 0.3) is 0 Å². The zero-order valence-corrected chi connectivity index (χ0v) is 13.3. The highest BCUT2D eigenvalue weighted by atomic mass is 79.9. The monoisotopic (exact) mass is 346 g/mol. The summed E-state index contributed by atoms with van der Waals surface area (Å²) >= 11 is 3.32. The second-order valence-corrected chi connectivity index (χ2v) is 5.51. The van der Waals surface area contributed by atoms with Crippen LogP contribution in [0.5, 0.6) is 0 Å². The van der Waals surface area contributed by atoms with Crippen molar-refractivity contribution in [1.29, 1.82) is 0 Å². The van der Waals surface area contributed by atoms with E-state index in [9.17, 15) is 9.59 Å². The molecule has 0 aliphatic heterocycles. The Morgan fingerprint density at radius 3 is 2.05 bits per heavy atom. The van der Waals surface area contributed by atoms with Gasteiger partial charge in [-0.25, -0.2) is 0 Å². The largest absolute Gasteiger partial charge is 0.317 e. The van der Waals surface area contributed by atoms with Crippen molar-refractivity contribution >= 4 is 39.1 Å². The van der Waals surface area contributed by atoms with Gasteiger partial charge < -0.3 is 10.6 Å². The Morgan fingerprint density at radius 1 is 0.857 bits per heavy atom. The van der Waals surface area contributed by atoms with E-state index >= 15 is 0 Å². The van der Waals surface area contributed by atoms with E-state index in [2.05, 4.69) is 26.6 Å². The van der Waals surface area contributed by atoms with Gasteiger partial charge in [-0.05, 0) is 53.0 Å². The van der Waals surface area contributed by atoms with E-state index in [4.69, 9.17) is 0 Å². The number of anilines is 2. The van der Waals surface area contributed by atoms with Crippen LogP contribution in [-0.4, -0.2) is 11.8 Å². The van der Waals surface area contributed by atoms with Crippen LogP contribution in [0.1, 0.15) is 11.1 Å². The molecule has 0 radical (unpaired) electrons. The Bertz CT molecular complexity index is 678. The van der Waals surface area contributed by atoms with Crippen molar-refractivity contribution in [3.8, 4) is 0 Å². The summed E-state index contributed by atoms with van der Waals surface area (Å²) in [6.45, 7) is 3.77. The molecule has 0 saturated heterocycles. The normalized spacial score (nSPS) is 10.0. The molecule has 0 spiro atoms. The van der Waals surface area contributed by atoms with Crippen molar-refractivity contribution < 1.29 is 9.59 Å². The zero-order chi connectivity index (χ0) is 15.4. The van der Waals surface area contributed by atoms with Gasteiger partial charge in [-0.1, -0.05) is 30.3 Å². The Kier molecular flexibility index (Phi) is 4.75. The number of carbonyl (C=O) groups is 2. The number of para-hydroxylation sites is 2. The number of halogens is 1.